The number of methoxy groups -OCH3 is 1. The lowest BCUT2D eigenvalue weighted by molar-refractivity contribution is -0.143. The van der Waals surface area contributed by atoms with Crippen LogP contribution in [0.1, 0.15) is 53.4 Å². The molecule has 0 saturated heterocycles. The smallest absolute Gasteiger partial charge is 0.322 e. The fourth-order valence-corrected chi connectivity index (χ4v) is 1.88. The Labute approximate surface area is 99.9 Å². The molecule has 0 radical (unpaired) electrons. The molecule has 0 aromatic rings. The Morgan fingerprint density at radius 1 is 1.31 bits per heavy atom. The number of esters is 1. The Balaban J connectivity index is 4.32. The molecule has 0 saturated carbocycles. The predicted octanol–water partition coefficient (Wildman–Crippen LogP) is 2.74. The van der Waals surface area contributed by atoms with Crippen molar-refractivity contribution in [2.75, 3.05) is 7.11 Å². The van der Waals surface area contributed by atoms with Crippen molar-refractivity contribution in [2.24, 2.45) is 5.92 Å². The van der Waals surface area contributed by atoms with Gasteiger partial charge in [0.2, 0.25) is 0 Å². The first kappa shape index (κ1) is 15.4. The predicted molar refractivity (Wildman–Crippen MR) is 67.4 cm³/mol. The Kier molecular flexibility index (Phi) is 8.26. The summed E-state index contributed by atoms with van der Waals surface area (Å²) in [5.41, 5.74) is 0. The van der Waals surface area contributed by atoms with Crippen molar-refractivity contribution in [1.29, 1.82) is 0 Å². The van der Waals surface area contributed by atoms with Gasteiger partial charge >= 0.3 is 5.97 Å². The van der Waals surface area contributed by atoms with Gasteiger partial charge < -0.3 is 10.1 Å². The first-order valence-electron chi connectivity index (χ1n) is 6.38. The number of hydrogen-bond acceptors (Lipinski definition) is 3. The number of carbonyl (C=O) groups is 1. The summed E-state index contributed by atoms with van der Waals surface area (Å²) < 4.78 is 4.84. The third kappa shape index (κ3) is 6.11. The average Bonchev–Trinajstić information content (AvgIpc) is 2.25. The van der Waals surface area contributed by atoms with Crippen LogP contribution in [0.4, 0.5) is 0 Å². The normalized spacial score (nSPS) is 14.9. The van der Waals surface area contributed by atoms with Crippen LogP contribution >= 0.6 is 0 Å². The summed E-state index contributed by atoms with van der Waals surface area (Å²) in [6.45, 7) is 8.56. The van der Waals surface area contributed by atoms with E-state index in [1.54, 1.807) is 0 Å². The third-order valence-corrected chi connectivity index (χ3v) is 2.76. The van der Waals surface area contributed by atoms with Gasteiger partial charge in [0.05, 0.1) is 7.11 Å². The number of carbonyl (C=O) groups excluding carboxylic acids is 1. The molecule has 0 aromatic heterocycles. The molecule has 16 heavy (non-hydrogen) atoms. The SMILES string of the molecule is CCCC(CC)NC(CC(C)C)C(=O)OC. The van der Waals surface area contributed by atoms with Gasteiger partial charge in [-0.25, -0.2) is 0 Å². The largest absolute Gasteiger partial charge is 0.468 e. The quantitative estimate of drug-likeness (QED) is 0.650. The molecule has 0 aliphatic rings. The highest BCUT2D eigenvalue weighted by atomic mass is 16.5. The first-order chi connectivity index (χ1) is 7.54. The second-order valence-electron chi connectivity index (χ2n) is 4.77. The highest BCUT2D eigenvalue weighted by molar-refractivity contribution is 5.75. The molecule has 0 spiro atoms. The van der Waals surface area contributed by atoms with Gasteiger partial charge in [0.15, 0.2) is 0 Å². The van der Waals surface area contributed by atoms with Crippen LogP contribution in [0.15, 0.2) is 0 Å². The molecular formula is C13H27NO2. The minimum Gasteiger partial charge on any atom is -0.468 e. The summed E-state index contributed by atoms with van der Waals surface area (Å²) in [6.07, 6.45) is 4.15. The standard InChI is InChI=1S/C13H27NO2/c1-6-8-11(7-2)14-12(9-10(3)4)13(15)16-5/h10-12,14H,6-9H2,1-5H3. The van der Waals surface area contributed by atoms with Crippen molar-refractivity contribution < 1.29 is 9.53 Å². The lowest BCUT2D eigenvalue weighted by Crippen LogP contribution is -2.44. The van der Waals surface area contributed by atoms with Gasteiger partial charge in [-0.1, -0.05) is 34.1 Å². The monoisotopic (exact) mass is 229 g/mol. The lowest BCUT2D eigenvalue weighted by atomic mass is 10.0. The van der Waals surface area contributed by atoms with Gasteiger partial charge in [-0.2, -0.15) is 0 Å². The van der Waals surface area contributed by atoms with E-state index < -0.39 is 0 Å². The van der Waals surface area contributed by atoms with E-state index in [2.05, 4.69) is 33.0 Å². The van der Waals surface area contributed by atoms with Crippen molar-refractivity contribution >= 4 is 5.97 Å². The van der Waals surface area contributed by atoms with Crippen LogP contribution in [-0.4, -0.2) is 25.2 Å². The van der Waals surface area contributed by atoms with Gasteiger partial charge in [-0.15, -0.1) is 0 Å². The fraction of sp³-hybridized carbons (Fsp3) is 0.923. The summed E-state index contributed by atoms with van der Waals surface area (Å²) in [5, 5.41) is 3.41. The van der Waals surface area contributed by atoms with E-state index in [9.17, 15) is 4.79 Å². The lowest BCUT2D eigenvalue weighted by Gasteiger charge is -2.24. The van der Waals surface area contributed by atoms with E-state index in [0.29, 0.717) is 12.0 Å². The summed E-state index contributed by atoms with van der Waals surface area (Å²) in [7, 11) is 1.46. The first-order valence-corrected chi connectivity index (χ1v) is 6.38. The Morgan fingerprint density at radius 3 is 2.31 bits per heavy atom. The topological polar surface area (TPSA) is 38.3 Å². The van der Waals surface area contributed by atoms with Crippen LogP contribution in [0.5, 0.6) is 0 Å². The molecule has 1 N–H and O–H groups in total. The molecule has 0 heterocycles. The van der Waals surface area contributed by atoms with Gasteiger partial charge in [-0.05, 0) is 25.2 Å². The van der Waals surface area contributed by atoms with Crippen molar-refractivity contribution in [1.82, 2.24) is 5.32 Å². The van der Waals surface area contributed by atoms with Gasteiger partial charge in [0.25, 0.3) is 0 Å². The highest BCUT2D eigenvalue weighted by Crippen LogP contribution is 2.10. The summed E-state index contributed by atoms with van der Waals surface area (Å²) in [5.74, 6) is 0.360. The molecule has 0 aromatic carbocycles. The number of ether oxygens (including phenoxy) is 1. The van der Waals surface area contributed by atoms with E-state index in [1.807, 2.05) is 0 Å². The van der Waals surface area contributed by atoms with E-state index >= 15 is 0 Å². The highest BCUT2D eigenvalue weighted by Gasteiger charge is 2.22. The van der Waals surface area contributed by atoms with Crippen molar-refractivity contribution in [3.05, 3.63) is 0 Å². The van der Waals surface area contributed by atoms with Gasteiger partial charge in [0.1, 0.15) is 6.04 Å². The van der Waals surface area contributed by atoms with Crippen molar-refractivity contribution in [2.45, 2.75) is 65.5 Å². The minimum atomic E-state index is -0.151. The zero-order chi connectivity index (χ0) is 12.6. The molecule has 2 unspecified atom stereocenters. The Bertz CT molecular complexity index is 192. The zero-order valence-electron chi connectivity index (χ0n) is 11.4. The van der Waals surface area contributed by atoms with Gasteiger partial charge in [0, 0.05) is 6.04 Å². The summed E-state index contributed by atoms with van der Waals surface area (Å²) in [6, 6.07) is 0.273. The number of nitrogens with one attached hydrogen (secondary N) is 1. The van der Waals surface area contributed by atoms with Crippen LogP contribution in [0, 0.1) is 5.92 Å². The molecule has 0 bridgehead atoms. The Hall–Kier alpha value is -0.570. The van der Waals surface area contributed by atoms with E-state index in [-0.39, 0.29) is 12.0 Å². The second-order valence-corrected chi connectivity index (χ2v) is 4.77. The third-order valence-electron chi connectivity index (χ3n) is 2.76. The number of rotatable bonds is 8. The fourth-order valence-electron chi connectivity index (χ4n) is 1.88. The van der Waals surface area contributed by atoms with Crippen LogP contribution < -0.4 is 5.32 Å². The molecular weight excluding hydrogens is 202 g/mol. The molecule has 0 rings (SSSR count). The van der Waals surface area contributed by atoms with Crippen molar-refractivity contribution in [3.63, 3.8) is 0 Å². The van der Waals surface area contributed by atoms with Crippen LogP contribution in [-0.2, 0) is 9.53 Å². The maximum Gasteiger partial charge on any atom is 0.322 e. The molecule has 3 nitrogen and oxygen atoms in total. The van der Waals surface area contributed by atoms with Crippen LogP contribution in [0.25, 0.3) is 0 Å². The molecule has 0 amide bonds. The minimum absolute atomic E-state index is 0.136. The van der Waals surface area contributed by atoms with Crippen LogP contribution in [0.2, 0.25) is 0 Å². The number of hydrogen-bond donors (Lipinski definition) is 1. The Morgan fingerprint density at radius 2 is 1.94 bits per heavy atom. The van der Waals surface area contributed by atoms with E-state index in [1.165, 1.54) is 7.11 Å². The molecule has 0 aliphatic carbocycles. The molecule has 2 atom stereocenters. The molecule has 3 heteroatoms. The maximum atomic E-state index is 11.6. The van der Waals surface area contributed by atoms with E-state index in [4.69, 9.17) is 4.74 Å². The summed E-state index contributed by atoms with van der Waals surface area (Å²) in [4.78, 5) is 11.6. The van der Waals surface area contributed by atoms with Crippen molar-refractivity contribution in [3.8, 4) is 0 Å². The van der Waals surface area contributed by atoms with Gasteiger partial charge in [-0.3, -0.25) is 4.79 Å². The molecule has 0 aliphatic heterocycles. The second kappa shape index (κ2) is 8.57. The molecule has 96 valence electrons. The zero-order valence-corrected chi connectivity index (χ0v) is 11.4. The maximum absolute atomic E-state index is 11.6. The molecule has 0 fully saturated rings. The van der Waals surface area contributed by atoms with Crippen LogP contribution in [0.3, 0.4) is 0 Å². The average molecular weight is 229 g/mol. The van der Waals surface area contributed by atoms with E-state index in [0.717, 1.165) is 25.7 Å². The summed E-state index contributed by atoms with van der Waals surface area (Å²) >= 11 is 0.